The SMILES string of the molecule is CCOC(=O)/C=N\N=C(\C=P(c1ccccc1)(c1ccccc1)c1ccccc1)CP(Br)(c1ccccc1)(c1ccccc1)c1ccccc1. The zero-order valence-electron chi connectivity index (χ0n) is 27.9. The Morgan fingerprint density at radius 2 is 0.940 bits per heavy atom. The van der Waals surface area contributed by atoms with E-state index in [-0.39, 0.29) is 6.61 Å². The quantitative estimate of drug-likeness (QED) is 0.0559. The molecule has 6 rings (SSSR count). The summed E-state index contributed by atoms with van der Waals surface area (Å²) < 4.78 is 5.20. The molecule has 0 N–H and O–H groups in total. The van der Waals surface area contributed by atoms with Gasteiger partial charge in [-0.3, -0.25) is 0 Å². The first kappa shape index (κ1) is 35.2. The molecule has 4 nitrogen and oxygen atoms in total. The Labute approximate surface area is 303 Å². The standard InChI is InChI=1S/C43H39BrN2O2P2/c1-2-48-43(47)33-45-46-36(34-49(37-21-9-3-10-22-37,38-23-11-4-12-24-38)39-25-13-5-14-26-39)35-50(44,40-27-15-6-16-28-40,41-29-17-7-18-30-41)42-31-19-8-20-32-42/h3-34H,2,35H2,1H3/b45-33-,46-36-. The van der Waals surface area contributed by atoms with Gasteiger partial charge >= 0.3 is 305 Å². The molecule has 6 aromatic carbocycles. The van der Waals surface area contributed by atoms with Crippen molar-refractivity contribution in [2.75, 3.05) is 12.8 Å². The van der Waals surface area contributed by atoms with Gasteiger partial charge in [0.2, 0.25) is 0 Å². The normalized spacial score (nSPS) is 12.9. The summed E-state index contributed by atoms with van der Waals surface area (Å²) in [5.41, 5.74) is 0.751. The van der Waals surface area contributed by atoms with Crippen LogP contribution in [0.3, 0.4) is 0 Å². The summed E-state index contributed by atoms with van der Waals surface area (Å²) in [7, 11) is 0. The van der Waals surface area contributed by atoms with Crippen molar-refractivity contribution >= 4 is 83.2 Å². The summed E-state index contributed by atoms with van der Waals surface area (Å²) in [5, 5.41) is 12.9. The van der Waals surface area contributed by atoms with Gasteiger partial charge in [0.05, 0.1) is 0 Å². The molecule has 0 aliphatic heterocycles. The molecule has 6 aromatic rings. The first-order valence-electron chi connectivity index (χ1n) is 16.6. The van der Waals surface area contributed by atoms with Gasteiger partial charge in [-0.15, -0.1) is 0 Å². The fourth-order valence-electron chi connectivity index (χ4n) is 6.55. The van der Waals surface area contributed by atoms with Crippen LogP contribution < -0.4 is 31.8 Å². The molecule has 0 saturated carbocycles. The third kappa shape index (κ3) is 7.00. The van der Waals surface area contributed by atoms with Crippen molar-refractivity contribution in [2.45, 2.75) is 6.92 Å². The van der Waals surface area contributed by atoms with Crippen molar-refractivity contribution < 1.29 is 9.53 Å². The Hall–Kier alpha value is -4.66. The zero-order valence-corrected chi connectivity index (χ0v) is 31.2. The van der Waals surface area contributed by atoms with E-state index in [0.29, 0.717) is 6.16 Å². The minimum atomic E-state index is -3.54. The summed E-state index contributed by atoms with van der Waals surface area (Å²) >= 11 is 4.64. The van der Waals surface area contributed by atoms with E-state index in [0.717, 1.165) is 21.6 Å². The van der Waals surface area contributed by atoms with E-state index in [2.05, 4.69) is 208 Å². The molecule has 0 aromatic heterocycles. The first-order chi connectivity index (χ1) is 24.5. The van der Waals surface area contributed by atoms with E-state index < -0.39 is 18.2 Å². The Kier molecular flexibility index (Phi) is 11.2. The number of halogens is 1. The average Bonchev–Trinajstić information content (AvgIpc) is 3.19. The molecule has 0 unspecified atom stereocenters. The average molecular weight is 758 g/mol. The molecular formula is C43H39BrN2O2P2. The Bertz CT molecular complexity index is 1920. The molecule has 0 amide bonds. The number of ether oxygens (including phenoxy) is 1. The monoisotopic (exact) mass is 756 g/mol. The van der Waals surface area contributed by atoms with Crippen LogP contribution in [0.4, 0.5) is 0 Å². The summed E-state index contributed by atoms with van der Waals surface area (Å²) in [4.78, 5) is 12.5. The second-order valence-corrected chi connectivity index (χ2v) is 24.0. The number of carbonyl (C=O) groups excluding carboxylic acids is 1. The molecule has 0 heterocycles. The molecule has 250 valence electrons. The van der Waals surface area contributed by atoms with Gasteiger partial charge in [0.25, 0.3) is 0 Å². The van der Waals surface area contributed by atoms with Crippen LogP contribution in [-0.4, -0.2) is 36.5 Å². The molecule has 0 aliphatic rings. The van der Waals surface area contributed by atoms with E-state index in [1.54, 1.807) is 6.92 Å². The zero-order chi connectivity index (χ0) is 34.7. The van der Waals surface area contributed by atoms with Crippen LogP contribution >= 0.6 is 27.7 Å². The molecule has 7 heteroatoms. The Morgan fingerprint density at radius 1 is 0.600 bits per heavy atom. The van der Waals surface area contributed by atoms with Crippen molar-refractivity contribution in [3.05, 3.63) is 182 Å². The maximum absolute atomic E-state index is 12.5. The van der Waals surface area contributed by atoms with Crippen LogP contribution in [-0.2, 0) is 9.53 Å². The molecule has 50 heavy (non-hydrogen) atoms. The minimum absolute atomic E-state index is 0.256. The van der Waals surface area contributed by atoms with Crippen molar-refractivity contribution in [2.24, 2.45) is 10.2 Å². The number of benzene rings is 6. The number of esters is 1. The van der Waals surface area contributed by atoms with Crippen molar-refractivity contribution in [3.8, 4) is 0 Å². The number of carbonyl (C=O) groups is 1. The summed E-state index contributed by atoms with van der Waals surface area (Å²) in [5.74, 6) is 1.82. The fraction of sp³-hybridized carbons (Fsp3) is 0.0698. The fourth-order valence-corrected chi connectivity index (χ4v) is 18.0. The molecule has 0 atom stereocenters. The molecule has 0 radical (unpaired) electrons. The van der Waals surface area contributed by atoms with Crippen LogP contribution in [0, 0.1) is 0 Å². The van der Waals surface area contributed by atoms with Crippen LogP contribution in [0.15, 0.2) is 192 Å². The third-order valence-corrected chi connectivity index (χ3v) is 22.3. The third-order valence-electron chi connectivity index (χ3n) is 8.81. The molecule has 0 fully saturated rings. The maximum atomic E-state index is 12.5. The van der Waals surface area contributed by atoms with Crippen LogP contribution in [0.2, 0.25) is 0 Å². The van der Waals surface area contributed by atoms with Crippen molar-refractivity contribution in [3.63, 3.8) is 0 Å². The van der Waals surface area contributed by atoms with E-state index in [1.807, 2.05) is 0 Å². The van der Waals surface area contributed by atoms with Gasteiger partial charge in [-0.05, 0) is 0 Å². The van der Waals surface area contributed by atoms with E-state index in [9.17, 15) is 4.79 Å². The van der Waals surface area contributed by atoms with Gasteiger partial charge in [-0.25, -0.2) is 0 Å². The first-order valence-corrected chi connectivity index (χ1v) is 22.9. The van der Waals surface area contributed by atoms with E-state index in [1.165, 1.54) is 22.1 Å². The topological polar surface area (TPSA) is 51.0 Å². The van der Waals surface area contributed by atoms with Crippen LogP contribution in [0.25, 0.3) is 0 Å². The van der Waals surface area contributed by atoms with Gasteiger partial charge in [0.15, 0.2) is 0 Å². The molecular weight excluding hydrogens is 718 g/mol. The van der Waals surface area contributed by atoms with Crippen LogP contribution in [0.5, 0.6) is 0 Å². The summed E-state index contributed by atoms with van der Waals surface area (Å²) in [6.07, 6.45) is 1.65. The van der Waals surface area contributed by atoms with Gasteiger partial charge in [0, 0.05) is 0 Å². The molecule has 0 spiro atoms. The summed E-state index contributed by atoms with van der Waals surface area (Å²) in [6, 6.07) is 64.0. The molecule has 0 saturated heterocycles. The van der Waals surface area contributed by atoms with Gasteiger partial charge in [-0.1, -0.05) is 0 Å². The summed E-state index contributed by atoms with van der Waals surface area (Å²) in [6.45, 7) is -0.488. The van der Waals surface area contributed by atoms with Gasteiger partial charge < -0.3 is 0 Å². The predicted molar refractivity (Wildman–Crippen MR) is 223 cm³/mol. The number of hydrogen-bond acceptors (Lipinski definition) is 4. The number of hydrogen-bond donors (Lipinski definition) is 0. The molecule has 0 aliphatic carbocycles. The van der Waals surface area contributed by atoms with E-state index >= 15 is 0 Å². The second-order valence-electron chi connectivity index (χ2n) is 11.8. The predicted octanol–water partition coefficient (Wildman–Crippen LogP) is 7.61. The van der Waals surface area contributed by atoms with E-state index in [4.69, 9.17) is 9.84 Å². The number of rotatable bonds is 12. The van der Waals surface area contributed by atoms with Gasteiger partial charge in [0.1, 0.15) is 0 Å². The molecule has 0 bridgehead atoms. The Balaban J connectivity index is 1.75. The van der Waals surface area contributed by atoms with Crippen LogP contribution in [0.1, 0.15) is 6.92 Å². The van der Waals surface area contributed by atoms with Gasteiger partial charge in [-0.2, -0.15) is 0 Å². The Morgan fingerprint density at radius 3 is 1.28 bits per heavy atom. The second kappa shape index (κ2) is 15.9. The number of nitrogens with zero attached hydrogens (tertiary/aromatic N) is 2. The van der Waals surface area contributed by atoms with Crippen molar-refractivity contribution in [1.82, 2.24) is 0 Å². The van der Waals surface area contributed by atoms with Crippen molar-refractivity contribution in [1.29, 1.82) is 0 Å².